The molecule has 1 rings (SSSR count). The number of hydrazine groups is 1. The molecule has 2 amide bonds. The number of thioether (sulfide) groups is 1. The Hall–Kier alpha value is -1.11. The van der Waals surface area contributed by atoms with Gasteiger partial charge in [-0.2, -0.15) is 0 Å². The van der Waals surface area contributed by atoms with E-state index in [1.54, 1.807) is 19.1 Å². The average molecular weight is 337 g/mol. The monoisotopic (exact) mass is 336 g/mol. The third-order valence-electron chi connectivity index (χ3n) is 2.09. The lowest BCUT2D eigenvalue weighted by atomic mass is 10.2. The van der Waals surface area contributed by atoms with E-state index in [9.17, 15) is 9.59 Å². The second kappa shape index (κ2) is 8.94. The highest BCUT2D eigenvalue weighted by molar-refractivity contribution is 7.99. The van der Waals surface area contributed by atoms with Crippen LogP contribution in [0, 0.1) is 0 Å². The van der Waals surface area contributed by atoms with Crippen molar-refractivity contribution in [3.05, 3.63) is 33.8 Å². The summed E-state index contributed by atoms with van der Waals surface area (Å²) < 4.78 is 4.59. The van der Waals surface area contributed by atoms with Crippen molar-refractivity contribution >= 4 is 47.0 Å². The van der Waals surface area contributed by atoms with Crippen LogP contribution in [-0.4, -0.2) is 24.4 Å². The molecule has 0 aliphatic rings. The molecule has 1 aromatic carbocycles. The van der Waals surface area contributed by atoms with Crippen LogP contribution in [0.4, 0.5) is 4.79 Å². The maximum absolute atomic E-state index is 11.4. The largest absolute Gasteiger partial charge is 0.449 e. The topological polar surface area (TPSA) is 67.4 Å². The Labute approximate surface area is 131 Å². The van der Waals surface area contributed by atoms with Crippen LogP contribution in [0.15, 0.2) is 18.2 Å². The van der Waals surface area contributed by atoms with E-state index in [4.69, 9.17) is 23.2 Å². The second-order valence-electron chi connectivity index (χ2n) is 3.62. The molecular formula is C12H14Cl2N2O3S. The molecule has 0 atom stereocenters. The zero-order valence-electron chi connectivity index (χ0n) is 10.7. The molecule has 110 valence electrons. The van der Waals surface area contributed by atoms with E-state index >= 15 is 0 Å². The van der Waals surface area contributed by atoms with Crippen LogP contribution < -0.4 is 10.9 Å². The third kappa shape index (κ3) is 6.36. The predicted molar refractivity (Wildman–Crippen MR) is 80.9 cm³/mol. The van der Waals surface area contributed by atoms with Crippen LogP contribution in [0.5, 0.6) is 0 Å². The number of ether oxygens (including phenoxy) is 1. The van der Waals surface area contributed by atoms with Gasteiger partial charge in [0, 0.05) is 15.8 Å². The van der Waals surface area contributed by atoms with E-state index in [0.717, 1.165) is 5.56 Å². The van der Waals surface area contributed by atoms with Crippen molar-refractivity contribution in [3.63, 3.8) is 0 Å². The fourth-order valence-corrected chi connectivity index (χ4v) is 2.60. The fourth-order valence-electron chi connectivity index (χ4n) is 1.22. The van der Waals surface area contributed by atoms with Gasteiger partial charge in [0.05, 0.1) is 12.4 Å². The SMILES string of the molecule is CCOC(=O)NNC(=O)CSCc1ccc(Cl)cc1Cl. The van der Waals surface area contributed by atoms with Crippen molar-refractivity contribution in [1.82, 2.24) is 10.9 Å². The predicted octanol–water partition coefficient (Wildman–Crippen LogP) is 3.00. The molecule has 5 nitrogen and oxygen atoms in total. The summed E-state index contributed by atoms with van der Waals surface area (Å²) in [6.45, 7) is 1.92. The van der Waals surface area contributed by atoms with Gasteiger partial charge in [-0.1, -0.05) is 29.3 Å². The quantitative estimate of drug-likeness (QED) is 0.811. The molecule has 0 radical (unpaired) electrons. The fraction of sp³-hybridized carbons (Fsp3) is 0.333. The molecule has 1 aromatic rings. The maximum atomic E-state index is 11.4. The first-order valence-corrected chi connectivity index (χ1v) is 7.67. The van der Waals surface area contributed by atoms with Crippen molar-refractivity contribution in [1.29, 1.82) is 0 Å². The second-order valence-corrected chi connectivity index (χ2v) is 5.45. The average Bonchev–Trinajstić information content (AvgIpc) is 2.39. The summed E-state index contributed by atoms with van der Waals surface area (Å²) in [6.07, 6.45) is -0.688. The van der Waals surface area contributed by atoms with Gasteiger partial charge in [-0.25, -0.2) is 10.2 Å². The summed E-state index contributed by atoms with van der Waals surface area (Å²) in [4.78, 5) is 22.4. The molecule has 0 saturated carbocycles. The molecular weight excluding hydrogens is 323 g/mol. The van der Waals surface area contributed by atoms with Crippen molar-refractivity contribution in [2.45, 2.75) is 12.7 Å². The van der Waals surface area contributed by atoms with Crippen LogP contribution in [0.3, 0.4) is 0 Å². The van der Waals surface area contributed by atoms with Crippen molar-refractivity contribution in [3.8, 4) is 0 Å². The lowest BCUT2D eigenvalue weighted by Gasteiger charge is -2.07. The van der Waals surface area contributed by atoms with Gasteiger partial charge in [-0.3, -0.25) is 10.2 Å². The summed E-state index contributed by atoms with van der Waals surface area (Å²) in [7, 11) is 0. The van der Waals surface area contributed by atoms with Gasteiger partial charge in [-0.15, -0.1) is 11.8 Å². The van der Waals surface area contributed by atoms with Crippen LogP contribution in [0.25, 0.3) is 0 Å². The zero-order valence-corrected chi connectivity index (χ0v) is 13.1. The molecule has 0 aromatic heterocycles. The summed E-state index contributed by atoms with van der Waals surface area (Å²) in [5.74, 6) is 0.432. The molecule has 2 N–H and O–H groups in total. The first kappa shape index (κ1) is 16.9. The van der Waals surface area contributed by atoms with Crippen LogP contribution >= 0.6 is 35.0 Å². The minimum atomic E-state index is -0.688. The third-order valence-corrected chi connectivity index (χ3v) is 3.65. The molecule has 0 bridgehead atoms. The summed E-state index contributed by atoms with van der Waals surface area (Å²) in [5.41, 5.74) is 5.27. The van der Waals surface area contributed by atoms with Crippen molar-refractivity contribution < 1.29 is 14.3 Å². The molecule has 0 saturated heterocycles. The van der Waals surface area contributed by atoms with Gasteiger partial charge in [0.15, 0.2) is 0 Å². The first-order chi connectivity index (χ1) is 9.52. The first-order valence-electron chi connectivity index (χ1n) is 5.76. The van der Waals surface area contributed by atoms with Crippen molar-refractivity contribution in [2.75, 3.05) is 12.4 Å². The van der Waals surface area contributed by atoms with Crippen LogP contribution in [-0.2, 0) is 15.3 Å². The van der Waals surface area contributed by atoms with Gasteiger partial charge in [0.1, 0.15) is 0 Å². The zero-order chi connectivity index (χ0) is 15.0. The number of rotatable bonds is 5. The summed E-state index contributed by atoms with van der Waals surface area (Å²) >= 11 is 13.2. The highest BCUT2D eigenvalue weighted by Gasteiger charge is 2.06. The molecule has 8 heteroatoms. The Morgan fingerprint density at radius 1 is 1.30 bits per heavy atom. The molecule has 0 aliphatic carbocycles. The van der Waals surface area contributed by atoms with Gasteiger partial charge in [0.25, 0.3) is 0 Å². The van der Waals surface area contributed by atoms with E-state index in [2.05, 4.69) is 15.6 Å². The summed E-state index contributed by atoms with van der Waals surface area (Å²) in [5, 5.41) is 1.13. The molecule has 0 heterocycles. The van der Waals surface area contributed by atoms with Gasteiger partial charge >= 0.3 is 6.09 Å². The normalized spacial score (nSPS) is 9.95. The lowest BCUT2D eigenvalue weighted by molar-refractivity contribution is -0.119. The Kier molecular flexibility index (Phi) is 7.58. The molecule has 0 aliphatic heterocycles. The number of carbonyl (C=O) groups is 2. The standard InChI is InChI=1S/C12H14Cl2N2O3S/c1-2-19-12(18)16-15-11(17)7-20-6-8-3-4-9(13)5-10(8)14/h3-5H,2,6-7H2,1H3,(H,15,17)(H,16,18). The number of halogens is 2. The number of benzene rings is 1. The Morgan fingerprint density at radius 2 is 2.05 bits per heavy atom. The van der Waals surface area contributed by atoms with E-state index < -0.39 is 6.09 Å². The summed E-state index contributed by atoms with van der Waals surface area (Å²) in [6, 6.07) is 5.21. The number of hydrogen-bond acceptors (Lipinski definition) is 4. The Balaban J connectivity index is 2.26. The minimum Gasteiger partial charge on any atom is -0.449 e. The van der Waals surface area contributed by atoms with E-state index in [-0.39, 0.29) is 18.3 Å². The van der Waals surface area contributed by atoms with E-state index in [0.29, 0.717) is 15.8 Å². The number of amides is 2. The highest BCUT2D eigenvalue weighted by Crippen LogP contribution is 2.24. The lowest BCUT2D eigenvalue weighted by Crippen LogP contribution is -2.42. The molecule has 0 unspecified atom stereocenters. The van der Waals surface area contributed by atoms with Crippen LogP contribution in [0.2, 0.25) is 10.0 Å². The number of nitrogens with one attached hydrogen (secondary N) is 2. The highest BCUT2D eigenvalue weighted by atomic mass is 35.5. The molecule has 20 heavy (non-hydrogen) atoms. The van der Waals surface area contributed by atoms with Gasteiger partial charge < -0.3 is 4.74 Å². The maximum Gasteiger partial charge on any atom is 0.426 e. The van der Waals surface area contributed by atoms with Crippen LogP contribution in [0.1, 0.15) is 12.5 Å². The van der Waals surface area contributed by atoms with Crippen molar-refractivity contribution in [2.24, 2.45) is 0 Å². The molecule has 0 spiro atoms. The number of hydrogen-bond donors (Lipinski definition) is 2. The smallest absolute Gasteiger partial charge is 0.426 e. The minimum absolute atomic E-state index is 0.186. The Bertz CT molecular complexity index is 486. The Morgan fingerprint density at radius 3 is 2.70 bits per heavy atom. The van der Waals surface area contributed by atoms with E-state index in [1.807, 2.05) is 6.07 Å². The van der Waals surface area contributed by atoms with Gasteiger partial charge in [0.2, 0.25) is 5.91 Å². The van der Waals surface area contributed by atoms with Gasteiger partial charge in [-0.05, 0) is 24.6 Å². The molecule has 0 fully saturated rings. The number of carbonyl (C=O) groups excluding carboxylic acids is 2. The van der Waals surface area contributed by atoms with E-state index in [1.165, 1.54) is 11.8 Å².